The van der Waals surface area contributed by atoms with E-state index in [1.807, 2.05) is 39.8 Å². The van der Waals surface area contributed by atoms with Crippen molar-refractivity contribution in [2.75, 3.05) is 0 Å². The molecule has 0 aliphatic carbocycles. The second-order valence-electron chi connectivity index (χ2n) is 5.13. The maximum atomic E-state index is 12.2. The molecule has 0 radical (unpaired) electrons. The predicted octanol–water partition coefficient (Wildman–Crippen LogP) is 4.47. The minimum Gasteiger partial charge on any atom is -0.443 e. The Morgan fingerprint density at radius 2 is 2.11 bits per heavy atom. The van der Waals surface area contributed by atoms with Crippen molar-refractivity contribution in [1.82, 2.24) is 9.55 Å². The number of thiazole rings is 1. The molecular formula is C13H15BrN2O2S. The summed E-state index contributed by atoms with van der Waals surface area (Å²) in [5, 5.41) is 0.800. The van der Waals surface area contributed by atoms with E-state index in [4.69, 9.17) is 4.74 Å². The number of rotatable bonds is 1. The highest BCUT2D eigenvalue weighted by Crippen LogP contribution is 2.29. The van der Waals surface area contributed by atoms with Gasteiger partial charge in [0.25, 0.3) is 0 Å². The molecule has 0 aliphatic heterocycles. The third-order valence-electron chi connectivity index (χ3n) is 2.25. The first-order valence-electron chi connectivity index (χ1n) is 5.81. The number of nitrogens with zero attached hydrogens (tertiary/aromatic N) is 2. The van der Waals surface area contributed by atoms with E-state index in [0.717, 1.165) is 15.6 Å². The van der Waals surface area contributed by atoms with Crippen molar-refractivity contribution < 1.29 is 9.53 Å². The Bertz CT molecular complexity index is 610. The summed E-state index contributed by atoms with van der Waals surface area (Å²) in [6, 6.07) is 3.67. The molecular weight excluding hydrogens is 328 g/mol. The molecule has 0 atom stereocenters. The molecule has 4 nitrogen and oxygen atoms in total. The molecule has 0 spiro atoms. The van der Waals surface area contributed by atoms with Crippen molar-refractivity contribution in [3.05, 3.63) is 27.8 Å². The highest BCUT2D eigenvalue weighted by Gasteiger charge is 2.23. The van der Waals surface area contributed by atoms with Crippen LogP contribution in [-0.2, 0) is 4.74 Å². The molecule has 0 saturated heterocycles. The zero-order valence-corrected chi connectivity index (χ0v) is 13.6. The Labute approximate surface area is 124 Å². The number of hydrogen-bond donors (Lipinski definition) is 0. The van der Waals surface area contributed by atoms with Crippen LogP contribution in [0, 0.1) is 6.92 Å². The average Bonchev–Trinajstić information content (AvgIpc) is 2.81. The highest BCUT2D eigenvalue weighted by molar-refractivity contribution is 9.10. The maximum Gasteiger partial charge on any atom is 0.419 e. The first-order valence-corrected chi connectivity index (χ1v) is 7.42. The van der Waals surface area contributed by atoms with Crippen molar-refractivity contribution >= 4 is 33.4 Å². The molecule has 0 unspecified atom stereocenters. The van der Waals surface area contributed by atoms with Crippen LogP contribution in [0.2, 0.25) is 0 Å². The molecule has 2 heterocycles. The second-order valence-corrected chi connectivity index (χ2v) is 7.18. The zero-order chi connectivity index (χ0) is 14.2. The van der Waals surface area contributed by atoms with Crippen molar-refractivity contribution in [1.29, 1.82) is 0 Å². The molecule has 0 bridgehead atoms. The van der Waals surface area contributed by atoms with Gasteiger partial charge in [0.15, 0.2) is 0 Å². The van der Waals surface area contributed by atoms with Crippen LogP contribution in [0.4, 0.5) is 4.79 Å². The first-order chi connectivity index (χ1) is 8.78. The van der Waals surface area contributed by atoms with Gasteiger partial charge in [0.2, 0.25) is 0 Å². The smallest absolute Gasteiger partial charge is 0.419 e. The number of aryl methyl sites for hydroxylation is 1. The first kappa shape index (κ1) is 14.3. The molecule has 0 aromatic carbocycles. The SMILES string of the molecule is Cc1cnc(-c2ccc(Br)n2C(=O)OC(C)(C)C)s1. The lowest BCUT2D eigenvalue weighted by Gasteiger charge is -2.20. The molecule has 0 N–H and O–H groups in total. The molecule has 6 heteroatoms. The third kappa shape index (κ3) is 3.25. The van der Waals surface area contributed by atoms with Gasteiger partial charge in [-0.1, -0.05) is 0 Å². The second kappa shape index (κ2) is 5.09. The van der Waals surface area contributed by atoms with Gasteiger partial charge in [-0.25, -0.2) is 14.3 Å². The van der Waals surface area contributed by atoms with Crippen LogP contribution in [0.1, 0.15) is 25.6 Å². The molecule has 0 saturated carbocycles. The summed E-state index contributed by atoms with van der Waals surface area (Å²) in [4.78, 5) is 17.6. The Morgan fingerprint density at radius 3 is 2.63 bits per heavy atom. The molecule has 102 valence electrons. The number of carbonyl (C=O) groups excluding carboxylic acids is 1. The Kier molecular flexibility index (Phi) is 3.82. The van der Waals surface area contributed by atoms with E-state index in [2.05, 4.69) is 20.9 Å². The van der Waals surface area contributed by atoms with Gasteiger partial charge in [-0.3, -0.25) is 0 Å². The molecule has 0 amide bonds. The van der Waals surface area contributed by atoms with Gasteiger partial charge in [-0.05, 0) is 55.8 Å². The minimum atomic E-state index is -0.531. The van der Waals surface area contributed by atoms with E-state index < -0.39 is 11.7 Å². The largest absolute Gasteiger partial charge is 0.443 e. The van der Waals surface area contributed by atoms with Crippen molar-refractivity contribution in [3.63, 3.8) is 0 Å². The van der Waals surface area contributed by atoms with Gasteiger partial charge in [0.1, 0.15) is 10.6 Å². The summed E-state index contributed by atoms with van der Waals surface area (Å²) < 4.78 is 7.55. The van der Waals surface area contributed by atoms with E-state index in [1.165, 1.54) is 4.57 Å². The summed E-state index contributed by atoms with van der Waals surface area (Å²) in [6.45, 7) is 7.51. The molecule has 19 heavy (non-hydrogen) atoms. The third-order valence-corrected chi connectivity index (χ3v) is 3.80. The zero-order valence-electron chi connectivity index (χ0n) is 11.2. The Balaban J connectivity index is 2.41. The molecule has 0 fully saturated rings. The van der Waals surface area contributed by atoms with E-state index in [-0.39, 0.29) is 0 Å². The normalized spacial score (nSPS) is 11.6. The van der Waals surface area contributed by atoms with Gasteiger partial charge >= 0.3 is 6.09 Å². The van der Waals surface area contributed by atoms with Crippen LogP contribution in [-0.4, -0.2) is 21.2 Å². The monoisotopic (exact) mass is 342 g/mol. The van der Waals surface area contributed by atoms with Crippen LogP contribution in [0.5, 0.6) is 0 Å². The summed E-state index contributed by atoms with van der Waals surface area (Å²) in [6.07, 6.45) is 1.38. The van der Waals surface area contributed by atoms with E-state index in [9.17, 15) is 4.79 Å². The van der Waals surface area contributed by atoms with Crippen LogP contribution in [0.15, 0.2) is 22.9 Å². The van der Waals surface area contributed by atoms with Crippen LogP contribution < -0.4 is 0 Å². The molecule has 2 rings (SSSR count). The van der Waals surface area contributed by atoms with E-state index in [1.54, 1.807) is 17.5 Å². The van der Waals surface area contributed by atoms with Crippen LogP contribution >= 0.6 is 27.3 Å². The van der Waals surface area contributed by atoms with Crippen molar-refractivity contribution in [2.45, 2.75) is 33.3 Å². The van der Waals surface area contributed by atoms with E-state index >= 15 is 0 Å². The van der Waals surface area contributed by atoms with Crippen LogP contribution in [0.25, 0.3) is 10.7 Å². The van der Waals surface area contributed by atoms with Crippen molar-refractivity contribution in [2.24, 2.45) is 0 Å². The lowest BCUT2D eigenvalue weighted by Crippen LogP contribution is -2.27. The van der Waals surface area contributed by atoms with Gasteiger partial charge in [0.05, 0.1) is 10.3 Å². The molecule has 2 aromatic rings. The summed E-state index contributed by atoms with van der Waals surface area (Å²) in [5.74, 6) is 0. The summed E-state index contributed by atoms with van der Waals surface area (Å²) in [7, 11) is 0. The average molecular weight is 343 g/mol. The number of hydrogen-bond acceptors (Lipinski definition) is 4. The predicted molar refractivity (Wildman–Crippen MR) is 79.6 cm³/mol. The van der Waals surface area contributed by atoms with Crippen molar-refractivity contribution in [3.8, 4) is 10.7 Å². The van der Waals surface area contributed by atoms with Gasteiger partial charge in [-0.15, -0.1) is 11.3 Å². The lowest BCUT2D eigenvalue weighted by atomic mass is 10.2. The number of aromatic nitrogens is 2. The standard InChI is InChI=1S/C13H15BrN2O2S/c1-8-7-15-11(19-8)9-5-6-10(14)16(9)12(17)18-13(2,3)4/h5-7H,1-4H3. The van der Waals surface area contributed by atoms with Gasteiger partial charge < -0.3 is 4.74 Å². The lowest BCUT2D eigenvalue weighted by molar-refractivity contribution is 0.0536. The topological polar surface area (TPSA) is 44.1 Å². The minimum absolute atomic E-state index is 0.410. The number of carbonyl (C=O) groups is 1. The fourth-order valence-electron chi connectivity index (χ4n) is 1.55. The summed E-state index contributed by atoms with van der Waals surface area (Å²) >= 11 is 4.91. The van der Waals surface area contributed by atoms with E-state index in [0.29, 0.717) is 4.60 Å². The maximum absolute atomic E-state index is 12.2. The summed E-state index contributed by atoms with van der Waals surface area (Å²) in [5.41, 5.74) is 0.204. The van der Waals surface area contributed by atoms with Gasteiger partial charge in [-0.2, -0.15) is 0 Å². The number of halogens is 1. The van der Waals surface area contributed by atoms with Gasteiger partial charge in [0, 0.05) is 11.1 Å². The molecule has 0 aliphatic rings. The fourth-order valence-corrected chi connectivity index (χ4v) is 2.79. The Morgan fingerprint density at radius 1 is 1.42 bits per heavy atom. The highest BCUT2D eigenvalue weighted by atomic mass is 79.9. The fraction of sp³-hybridized carbons (Fsp3) is 0.385. The number of ether oxygens (including phenoxy) is 1. The molecule has 2 aromatic heterocycles. The Hall–Kier alpha value is -1.14. The quantitative estimate of drug-likeness (QED) is 0.768. The van der Waals surface area contributed by atoms with Crippen LogP contribution in [0.3, 0.4) is 0 Å².